The zero-order valence-electron chi connectivity index (χ0n) is 9.28. The lowest BCUT2D eigenvalue weighted by Crippen LogP contribution is -1.98. The fraction of sp³-hybridized carbons (Fsp3) is 0.0714. The molecular weight excluding hydrogens is 216 g/mol. The minimum Gasteiger partial charge on any atom is -0.508 e. The van der Waals surface area contributed by atoms with E-state index in [2.05, 4.69) is 0 Å². The van der Waals surface area contributed by atoms with E-state index >= 15 is 0 Å². The second-order valence-electron chi connectivity index (χ2n) is 3.39. The summed E-state index contributed by atoms with van der Waals surface area (Å²) in [6.07, 6.45) is 0.000278. The molecule has 3 heteroatoms. The van der Waals surface area contributed by atoms with Crippen LogP contribution in [0, 0.1) is 0 Å². The highest BCUT2D eigenvalue weighted by atomic mass is 16.4. The highest BCUT2D eigenvalue weighted by molar-refractivity contribution is 5.70. The van der Waals surface area contributed by atoms with Crippen LogP contribution in [0.15, 0.2) is 60.7 Å². The number of carbonyl (C=O) groups is 1. The topological polar surface area (TPSA) is 57.5 Å². The average molecular weight is 230 g/mol. The Bertz CT molecular complexity index is 408. The minimum absolute atomic E-state index is 0.000278. The number of hydrogen-bond donors (Lipinski definition) is 2. The monoisotopic (exact) mass is 230 g/mol. The van der Waals surface area contributed by atoms with E-state index in [9.17, 15) is 4.79 Å². The van der Waals surface area contributed by atoms with Crippen LogP contribution in [0.3, 0.4) is 0 Å². The lowest BCUT2D eigenvalue weighted by Gasteiger charge is -1.95. The molecule has 0 aliphatic heterocycles. The highest BCUT2D eigenvalue weighted by Crippen LogP contribution is 2.09. The quantitative estimate of drug-likeness (QED) is 0.834. The molecule has 0 atom stereocenters. The molecule has 2 aromatic carbocycles. The summed E-state index contributed by atoms with van der Waals surface area (Å²) in [6.45, 7) is 0. The molecule has 0 amide bonds. The number of carboxylic acids is 1. The number of hydrogen-bond acceptors (Lipinski definition) is 2. The molecule has 17 heavy (non-hydrogen) atoms. The maximum atomic E-state index is 10.2. The largest absolute Gasteiger partial charge is 0.508 e. The van der Waals surface area contributed by atoms with E-state index in [1.54, 1.807) is 12.1 Å². The fourth-order valence-corrected chi connectivity index (χ4v) is 1.17. The van der Waals surface area contributed by atoms with E-state index in [-0.39, 0.29) is 12.2 Å². The van der Waals surface area contributed by atoms with Crippen molar-refractivity contribution in [3.63, 3.8) is 0 Å². The molecule has 0 spiro atoms. The Morgan fingerprint density at radius 3 is 1.65 bits per heavy atom. The Balaban J connectivity index is 0.000000202. The Hall–Kier alpha value is -2.29. The number of phenols is 1. The molecule has 2 aromatic rings. The number of benzene rings is 2. The van der Waals surface area contributed by atoms with Crippen molar-refractivity contribution in [2.75, 3.05) is 0 Å². The third-order valence-corrected chi connectivity index (χ3v) is 1.96. The van der Waals surface area contributed by atoms with Crippen molar-refractivity contribution >= 4 is 5.97 Å². The first kappa shape index (κ1) is 12.8. The molecule has 0 fully saturated rings. The van der Waals surface area contributed by atoms with E-state index in [0.29, 0.717) is 5.56 Å². The van der Waals surface area contributed by atoms with Crippen LogP contribution in [0.5, 0.6) is 5.75 Å². The lowest BCUT2D eigenvalue weighted by atomic mass is 10.1. The molecule has 0 unspecified atom stereocenters. The third-order valence-electron chi connectivity index (χ3n) is 1.96. The van der Waals surface area contributed by atoms with Crippen LogP contribution < -0.4 is 0 Å². The Morgan fingerprint density at radius 1 is 0.882 bits per heavy atom. The van der Waals surface area contributed by atoms with Crippen molar-refractivity contribution in [3.8, 4) is 5.75 Å². The molecule has 0 aromatic heterocycles. The zero-order chi connectivity index (χ0) is 12.5. The Kier molecular flexibility index (Phi) is 5.31. The normalized spacial score (nSPS) is 8.94. The molecule has 88 valence electrons. The van der Waals surface area contributed by atoms with Crippen molar-refractivity contribution < 1.29 is 15.0 Å². The van der Waals surface area contributed by atoms with Gasteiger partial charge in [-0.2, -0.15) is 0 Å². The maximum absolute atomic E-state index is 10.2. The second kappa shape index (κ2) is 7.06. The number of phenolic OH excluding ortho intramolecular Hbond substituents is 1. The number of aliphatic carboxylic acids is 1. The van der Waals surface area contributed by atoms with Gasteiger partial charge in [0.1, 0.15) is 5.75 Å². The van der Waals surface area contributed by atoms with E-state index in [0.717, 1.165) is 0 Å². The summed E-state index contributed by atoms with van der Waals surface area (Å²) in [5.41, 5.74) is 0.690. The molecule has 2 N–H and O–H groups in total. The summed E-state index contributed by atoms with van der Waals surface area (Å²) in [4.78, 5) is 10.2. The number of aromatic hydroxyl groups is 1. The summed E-state index contributed by atoms with van der Waals surface area (Å²) in [5.74, 6) is -0.713. The summed E-state index contributed by atoms with van der Waals surface area (Å²) in [6, 6.07) is 18.1. The molecule has 0 radical (unpaired) electrons. The van der Waals surface area contributed by atoms with Gasteiger partial charge in [0.15, 0.2) is 0 Å². The minimum atomic E-state index is -0.865. The first-order valence-electron chi connectivity index (χ1n) is 5.18. The van der Waals surface area contributed by atoms with Gasteiger partial charge in [-0.25, -0.2) is 0 Å². The third kappa shape index (κ3) is 5.99. The van der Waals surface area contributed by atoms with Gasteiger partial charge in [-0.1, -0.05) is 48.5 Å². The van der Waals surface area contributed by atoms with Crippen molar-refractivity contribution in [1.29, 1.82) is 0 Å². The van der Waals surface area contributed by atoms with E-state index < -0.39 is 5.97 Å². The number of rotatable bonds is 2. The number of carboxylic acid groups (broad SMARTS) is 1. The van der Waals surface area contributed by atoms with Gasteiger partial charge < -0.3 is 10.2 Å². The molecule has 0 bridgehead atoms. The first-order chi connectivity index (χ1) is 8.18. The van der Waals surface area contributed by atoms with Crippen LogP contribution in [0.4, 0.5) is 0 Å². The fourth-order valence-electron chi connectivity index (χ4n) is 1.17. The van der Waals surface area contributed by atoms with E-state index in [1.165, 1.54) is 12.1 Å². The van der Waals surface area contributed by atoms with E-state index in [1.807, 2.05) is 36.4 Å². The average Bonchev–Trinajstić information content (AvgIpc) is 2.35. The second-order valence-corrected chi connectivity index (χ2v) is 3.39. The van der Waals surface area contributed by atoms with Crippen LogP contribution in [0.25, 0.3) is 0 Å². The lowest BCUT2D eigenvalue weighted by molar-refractivity contribution is -0.136. The molecule has 0 heterocycles. The zero-order valence-corrected chi connectivity index (χ0v) is 9.28. The summed E-state index contributed by atoms with van der Waals surface area (Å²) >= 11 is 0. The van der Waals surface area contributed by atoms with Crippen LogP contribution in [0.1, 0.15) is 5.56 Å². The predicted molar refractivity (Wildman–Crippen MR) is 65.9 cm³/mol. The Labute approximate surface area is 100.0 Å². The van der Waals surface area contributed by atoms with Crippen molar-refractivity contribution in [2.45, 2.75) is 6.42 Å². The van der Waals surface area contributed by atoms with Gasteiger partial charge in [-0.15, -0.1) is 0 Å². The molecular formula is C14H14O3. The van der Waals surface area contributed by atoms with Crippen LogP contribution in [0.2, 0.25) is 0 Å². The molecule has 0 aliphatic carbocycles. The molecule has 0 aliphatic rings. The summed E-state index contributed by atoms with van der Waals surface area (Å²) in [5, 5.41) is 17.2. The predicted octanol–water partition coefficient (Wildman–Crippen LogP) is 2.71. The van der Waals surface area contributed by atoms with Crippen molar-refractivity contribution in [2.24, 2.45) is 0 Å². The van der Waals surface area contributed by atoms with Crippen LogP contribution in [-0.2, 0) is 11.2 Å². The summed E-state index contributed by atoms with van der Waals surface area (Å²) in [7, 11) is 0. The highest BCUT2D eigenvalue weighted by Gasteiger charge is 1.98. The SMILES string of the molecule is O=C(O)Cc1ccc(O)cc1.c1ccccc1. The standard InChI is InChI=1S/C8H8O3.C6H6/c9-7-3-1-6(2-4-7)5-8(10)11;1-2-4-6-5-3-1/h1-4,9H,5H2,(H,10,11);1-6H. The van der Waals surface area contributed by atoms with Gasteiger partial charge in [-0.05, 0) is 17.7 Å². The molecule has 0 saturated heterocycles. The van der Waals surface area contributed by atoms with Gasteiger partial charge in [0.05, 0.1) is 6.42 Å². The van der Waals surface area contributed by atoms with Gasteiger partial charge in [0, 0.05) is 0 Å². The van der Waals surface area contributed by atoms with Gasteiger partial charge in [0.2, 0.25) is 0 Å². The van der Waals surface area contributed by atoms with Crippen LogP contribution in [-0.4, -0.2) is 16.2 Å². The van der Waals surface area contributed by atoms with Gasteiger partial charge >= 0.3 is 5.97 Å². The van der Waals surface area contributed by atoms with Gasteiger partial charge in [0.25, 0.3) is 0 Å². The van der Waals surface area contributed by atoms with Crippen LogP contribution >= 0.6 is 0 Å². The van der Waals surface area contributed by atoms with E-state index in [4.69, 9.17) is 10.2 Å². The molecule has 0 saturated carbocycles. The smallest absolute Gasteiger partial charge is 0.307 e. The maximum Gasteiger partial charge on any atom is 0.307 e. The molecule has 2 rings (SSSR count). The van der Waals surface area contributed by atoms with Crippen molar-refractivity contribution in [1.82, 2.24) is 0 Å². The summed E-state index contributed by atoms with van der Waals surface area (Å²) < 4.78 is 0. The van der Waals surface area contributed by atoms with Gasteiger partial charge in [-0.3, -0.25) is 4.79 Å². The molecule has 3 nitrogen and oxygen atoms in total. The first-order valence-corrected chi connectivity index (χ1v) is 5.18. The van der Waals surface area contributed by atoms with Crippen molar-refractivity contribution in [3.05, 3.63) is 66.2 Å². The Morgan fingerprint density at radius 2 is 1.29 bits per heavy atom.